The van der Waals surface area contributed by atoms with Crippen LogP contribution in [0.4, 0.5) is 0 Å². The van der Waals surface area contributed by atoms with E-state index in [0.29, 0.717) is 11.4 Å². The van der Waals surface area contributed by atoms with Gasteiger partial charge in [0, 0.05) is 21.9 Å². The highest BCUT2D eigenvalue weighted by Gasteiger charge is 2.37. The number of rotatable bonds is 3. The van der Waals surface area contributed by atoms with Gasteiger partial charge in [-0.1, -0.05) is 36.0 Å². The normalized spacial score (nSPS) is 16.3. The van der Waals surface area contributed by atoms with Crippen molar-refractivity contribution in [2.45, 2.75) is 37.5 Å². The van der Waals surface area contributed by atoms with Gasteiger partial charge in [-0.2, -0.15) is 0 Å². The summed E-state index contributed by atoms with van der Waals surface area (Å²) in [6, 6.07) is 5.56. The van der Waals surface area contributed by atoms with E-state index in [-0.39, 0.29) is 36.1 Å². The molecule has 0 aliphatic heterocycles. The molecule has 2 rings (SSSR count). The Balaban J connectivity index is 0.00000162. The van der Waals surface area contributed by atoms with Crippen molar-refractivity contribution >= 4 is 53.9 Å². The average molecular weight is 344 g/mol. The molecule has 0 bridgehead atoms. The second kappa shape index (κ2) is 7.58. The molecule has 1 aromatic rings. The van der Waals surface area contributed by atoms with Crippen molar-refractivity contribution in [1.29, 1.82) is 5.41 Å². The summed E-state index contributed by atoms with van der Waals surface area (Å²) in [6.07, 6.45) is 4.97. The largest absolute Gasteiger partial charge is 0.388 e. The molecule has 1 aromatic carbocycles. The van der Waals surface area contributed by atoms with Crippen LogP contribution in [-0.4, -0.2) is 5.84 Å². The van der Waals surface area contributed by atoms with Gasteiger partial charge < -0.3 is 5.73 Å². The fourth-order valence-electron chi connectivity index (χ4n) is 2.86. The summed E-state index contributed by atoms with van der Waals surface area (Å²) in [4.78, 5) is 0. The van der Waals surface area contributed by atoms with E-state index in [1.807, 2.05) is 12.1 Å². The molecule has 108 valence electrons. The Morgan fingerprint density at radius 3 is 2.32 bits per heavy atom. The maximum Gasteiger partial charge on any atom is 0.0914 e. The summed E-state index contributed by atoms with van der Waals surface area (Å²) < 4.78 is 0. The minimum Gasteiger partial charge on any atom is -0.388 e. The zero-order chi connectivity index (χ0) is 12.5. The molecule has 2 nitrogen and oxygen atoms in total. The van der Waals surface area contributed by atoms with Gasteiger partial charge >= 0.3 is 0 Å². The van der Waals surface area contributed by atoms with Gasteiger partial charge in [0.2, 0.25) is 0 Å². The molecular formula is C13H18Cl4N2. The van der Waals surface area contributed by atoms with Gasteiger partial charge in [0.1, 0.15) is 0 Å². The molecule has 6 heteroatoms. The number of hydrogen-bond donors (Lipinski definition) is 2. The van der Waals surface area contributed by atoms with Crippen molar-refractivity contribution in [3.8, 4) is 0 Å². The van der Waals surface area contributed by atoms with E-state index in [9.17, 15) is 0 Å². The summed E-state index contributed by atoms with van der Waals surface area (Å²) in [5.74, 6) is 0.225. The predicted octanol–water partition coefficient (Wildman–Crippen LogP) is 4.97. The fraction of sp³-hybridized carbons (Fsp3) is 0.462. The highest BCUT2D eigenvalue weighted by molar-refractivity contribution is 6.33. The summed E-state index contributed by atoms with van der Waals surface area (Å²) in [5.41, 5.74) is 6.57. The van der Waals surface area contributed by atoms with Crippen molar-refractivity contribution in [1.82, 2.24) is 0 Å². The van der Waals surface area contributed by atoms with Gasteiger partial charge in [0.15, 0.2) is 0 Å². The smallest absolute Gasteiger partial charge is 0.0914 e. The standard InChI is InChI=1S/C13H16Cl2N2.2ClH/c14-9-3-4-11(15)10(7-9)13(8-12(16)17)5-1-2-6-13;;/h3-4,7H,1-2,5-6,8H2,(H3,16,17);2*1H. The molecule has 0 spiro atoms. The molecule has 0 radical (unpaired) electrons. The molecule has 1 aliphatic rings. The topological polar surface area (TPSA) is 49.9 Å². The number of hydrogen-bond acceptors (Lipinski definition) is 1. The van der Waals surface area contributed by atoms with Crippen LogP contribution in [0.1, 0.15) is 37.7 Å². The Kier molecular flexibility index (Phi) is 7.52. The fourth-order valence-corrected chi connectivity index (χ4v) is 3.35. The third-order valence-corrected chi connectivity index (χ3v) is 4.15. The van der Waals surface area contributed by atoms with Gasteiger partial charge in [0.25, 0.3) is 0 Å². The van der Waals surface area contributed by atoms with Gasteiger partial charge in [-0.05, 0) is 36.6 Å². The van der Waals surface area contributed by atoms with Crippen LogP contribution in [0.3, 0.4) is 0 Å². The van der Waals surface area contributed by atoms with E-state index in [2.05, 4.69) is 0 Å². The molecule has 1 saturated carbocycles. The Morgan fingerprint density at radius 2 is 1.79 bits per heavy atom. The average Bonchev–Trinajstić information content (AvgIpc) is 2.70. The minimum atomic E-state index is -0.0756. The van der Waals surface area contributed by atoms with E-state index in [1.54, 1.807) is 6.07 Å². The van der Waals surface area contributed by atoms with Gasteiger partial charge in [-0.25, -0.2) is 0 Å². The molecule has 0 atom stereocenters. The lowest BCUT2D eigenvalue weighted by molar-refractivity contribution is 0.457. The van der Waals surface area contributed by atoms with Crippen molar-refractivity contribution in [2.75, 3.05) is 0 Å². The molecule has 1 fully saturated rings. The maximum atomic E-state index is 7.56. The lowest BCUT2D eigenvalue weighted by atomic mass is 9.76. The van der Waals surface area contributed by atoms with Crippen LogP contribution in [0.25, 0.3) is 0 Å². The molecule has 3 N–H and O–H groups in total. The van der Waals surface area contributed by atoms with Crippen molar-refractivity contribution in [2.24, 2.45) is 5.73 Å². The number of amidine groups is 1. The van der Waals surface area contributed by atoms with Crippen molar-refractivity contribution < 1.29 is 0 Å². The van der Waals surface area contributed by atoms with E-state index in [4.69, 9.17) is 34.3 Å². The van der Waals surface area contributed by atoms with Gasteiger partial charge in [0.05, 0.1) is 5.84 Å². The second-order valence-electron chi connectivity index (χ2n) is 4.81. The Hall–Kier alpha value is -0.150. The van der Waals surface area contributed by atoms with E-state index in [0.717, 1.165) is 36.3 Å². The SMILES string of the molecule is Cl.Cl.N=C(N)CC1(c2cc(Cl)ccc2Cl)CCCC1. The first-order valence-corrected chi connectivity index (χ1v) is 6.57. The third-order valence-electron chi connectivity index (χ3n) is 3.59. The second-order valence-corrected chi connectivity index (χ2v) is 5.66. The molecule has 19 heavy (non-hydrogen) atoms. The van der Waals surface area contributed by atoms with Crippen molar-refractivity contribution in [3.05, 3.63) is 33.8 Å². The molecule has 0 saturated heterocycles. The Bertz CT molecular complexity index is 442. The Morgan fingerprint density at radius 1 is 1.21 bits per heavy atom. The van der Waals surface area contributed by atoms with Crippen LogP contribution in [0, 0.1) is 5.41 Å². The molecular weight excluding hydrogens is 326 g/mol. The van der Waals surface area contributed by atoms with Crippen LogP contribution in [0.15, 0.2) is 18.2 Å². The van der Waals surface area contributed by atoms with E-state index < -0.39 is 0 Å². The summed E-state index contributed by atoms with van der Waals surface area (Å²) >= 11 is 12.3. The van der Waals surface area contributed by atoms with Crippen LogP contribution in [-0.2, 0) is 5.41 Å². The maximum absolute atomic E-state index is 7.56. The number of nitrogens with one attached hydrogen (secondary N) is 1. The summed E-state index contributed by atoms with van der Waals surface area (Å²) in [7, 11) is 0. The zero-order valence-electron chi connectivity index (χ0n) is 10.4. The molecule has 0 aromatic heterocycles. The van der Waals surface area contributed by atoms with Crippen molar-refractivity contribution in [3.63, 3.8) is 0 Å². The molecule has 0 unspecified atom stereocenters. The monoisotopic (exact) mass is 342 g/mol. The van der Waals surface area contributed by atoms with Crippen LogP contribution in [0.2, 0.25) is 10.0 Å². The highest BCUT2D eigenvalue weighted by Crippen LogP contribution is 2.46. The highest BCUT2D eigenvalue weighted by atomic mass is 35.5. The first-order valence-electron chi connectivity index (χ1n) is 5.82. The number of benzene rings is 1. The molecule has 1 aliphatic carbocycles. The third kappa shape index (κ3) is 4.16. The lowest BCUT2D eigenvalue weighted by Gasteiger charge is -2.30. The van der Waals surface area contributed by atoms with Crippen LogP contribution in [0.5, 0.6) is 0 Å². The summed E-state index contributed by atoms with van der Waals surface area (Å²) in [6.45, 7) is 0. The van der Waals surface area contributed by atoms with E-state index in [1.165, 1.54) is 0 Å². The van der Waals surface area contributed by atoms with Crippen LogP contribution >= 0.6 is 48.0 Å². The Labute approximate surface area is 136 Å². The first-order chi connectivity index (χ1) is 8.03. The predicted molar refractivity (Wildman–Crippen MR) is 87.6 cm³/mol. The van der Waals surface area contributed by atoms with E-state index >= 15 is 0 Å². The zero-order valence-corrected chi connectivity index (χ0v) is 13.6. The van der Waals surface area contributed by atoms with Crippen LogP contribution < -0.4 is 5.73 Å². The quantitative estimate of drug-likeness (QED) is 0.590. The minimum absolute atomic E-state index is 0. The first kappa shape index (κ1) is 18.9. The lowest BCUT2D eigenvalue weighted by Crippen LogP contribution is -2.29. The number of nitrogens with two attached hydrogens (primary N) is 1. The molecule has 0 heterocycles. The van der Waals surface area contributed by atoms with Gasteiger partial charge in [-0.15, -0.1) is 24.8 Å². The summed E-state index contributed by atoms with van der Waals surface area (Å²) in [5, 5.41) is 8.99. The number of halogens is 4. The molecule has 0 amide bonds. The van der Waals surface area contributed by atoms with Gasteiger partial charge in [-0.3, -0.25) is 5.41 Å².